The van der Waals surface area contributed by atoms with E-state index in [2.05, 4.69) is 24.1 Å². The van der Waals surface area contributed by atoms with Gasteiger partial charge in [-0.2, -0.15) is 17.6 Å². The van der Waals surface area contributed by atoms with Crippen LogP contribution in [-0.4, -0.2) is 41.8 Å². The predicted molar refractivity (Wildman–Crippen MR) is 116 cm³/mol. The van der Waals surface area contributed by atoms with Gasteiger partial charge in [-0.15, -0.1) is 23.4 Å². The number of methoxy groups -OCH3 is 1. The summed E-state index contributed by atoms with van der Waals surface area (Å²) in [6.45, 7) is -0.576. The number of fused-ring (bicyclic) bond motifs is 1. The first-order valence-electron chi connectivity index (χ1n) is 11.1. The van der Waals surface area contributed by atoms with Crippen LogP contribution >= 0.6 is 0 Å². The zero-order chi connectivity index (χ0) is 30.5. The first-order chi connectivity index (χ1) is 18.9. The minimum absolute atomic E-state index is 0.0923. The number of carbonyl (C=O) groups excluding carboxylic acids is 1. The summed E-state index contributed by atoms with van der Waals surface area (Å²) in [5.74, 6) is -14.6. The van der Waals surface area contributed by atoms with Crippen molar-refractivity contribution in [2.45, 2.75) is 43.3 Å². The summed E-state index contributed by atoms with van der Waals surface area (Å²) in [7, 11) is 0.344. The predicted octanol–water partition coefficient (Wildman–Crippen LogP) is 5.46. The fourth-order valence-electron chi connectivity index (χ4n) is 3.96. The standard InChI is InChI=1S/C23H16F10N4O4/c1-39-21(27,22(28,29)30)19-36-35-17(40-19)12-6-16-13(7-14(12)24)20(25,26)8-15(34)18(38)37(16)9-10-2-4-11(5-3-10)41-23(31,32)33/h2-7,15H,8-9,34H2,1H3. The Kier molecular flexibility index (Phi) is 7.45. The molecule has 18 heteroatoms. The molecule has 2 aromatic carbocycles. The van der Waals surface area contributed by atoms with Crippen molar-refractivity contribution in [2.24, 2.45) is 5.73 Å². The Balaban J connectivity index is 1.80. The lowest BCUT2D eigenvalue weighted by Crippen LogP contribution is -2.43. The summed E-state index contributed by atoms with van der Waals surface area (Å²) >= 11 is 0. The number of hydrogen-bond donors (Lipinski definition) is 1. The number of carbonyl (C=O) groups is 1. The maximum atomic E-state index is 15.1. The average Bonchev–Trinajstić information content (AvgIpc) is 3.34. The van der Waals surface area contributed by atoms with E-state index in [-0.39, 0.29) is 11.6 Å². The van der Waals surface area contributed by atoms with E-state index in [9.17, 15) is 35.5 Å². The molecule has 2 heterocycles. The largest absolute Gasteiger partial charge is 0.573 e. The molecular formula is C23H16F10N4O4. The highest BCUT2D eigenvalue weighted by Crippen LogP contribution is 2.46. The van der Waals surface area contributed by atoms with Gasteiger partial charge in [0, 0.05) is 19.1 Å². The Labute approximate surface area is 222 Å². The highest BCUT2D eigenvalue weighted by atomic mass is 19.4. The van der Waals surface area contributed by atoms with Gasteiger partial charge in [0.2, 0.25) is 5.91 Å². The summed E-state index contributed by atoms with van der Waals surface area (Å²) in [4.78, 5) is 13.7. The zero-order valence-corrected chi connectivity index (χ0v) is 20.3. The molecule has 0 aliphatic carbocycles. The molecule has 1 aliphatic heterocycles. The molecule has 222 valence electrons. The molecule has 4 rings (SSSR count). The highest BCUT2D eigenvalue weighted by molar-refractivity contribution is 5.99. The van der Waals surface area contributed by atoms with Crippen LogP contribution in [0, 0.1) is 5.82 Å². The van der Waals surface area contributed by atoms with Crippen LogP contribution in [0.2, 0.25) is 0 Å². The maximum Gasteiger partial charge on any atom is 0.573 e. The van der Waals surface area contributed by atoms with Gasteiger partial charge >= 0.3 is 18.4 Å². The van der Waals surface area contributed by atoms with Gasteiger partial charge in [-0.25, -0.2) is 13.2 Å². The minimum atomic E-state index is -5.71. The number of benzene rings is 2. The lowest BCUT2D eigenvalue weighted by molar-refractivity contribution is -0.341. The normalized spacial score (nSPS) is 19.0. The molecule has 41 heavy (non-hydrogen) atoms. The fraction of sp³-hybridized carbons (Fsp3) is 0.348. The lowest BCUT2D eigenvalue weighted by Gasteiger charge is -2.25. The molecule has 8 nitrogen and oxygen atoms in total. The van der Waals surface area contributed by atoms with Gasteiger partial charge < -0.3 is 24.5 Å². The van der Waals surface area contributed by atoms with Crippen molar-refractivity contribution in [3.05, 3.63) is 59.2 Å². The SMILES string of the molecule is COC(F)(c1nnc(-c2cc3c(cc2F)C(F)(F)CC(N)C(=O)N3Cc2ccc(OC(F)(F)F)cc2)o1)C(F)(F)F. The third kappa shape index (κ3) is 5.79. The molecule has 1 aliphatic rings. The molecule has 0 bridgehead atoms. The van der Waals surface area contributed by atoms with Crippen molar-refractivity contribution in [1.82, 2.24) is 10.2 Å². The van der Waals surface area contributed by atoms with Crippen LogP contribution in [0.3, 0.4) is 0 Å². The zero-order valence-electron chi connectivity index (χ0n) is 20.3. The van der Waals surface area contributed by atoms with E-state index in [1.807, 2.05) is 0 Å². The number of hydrogen-bond acceptors (Lipinski definition) is 7. The van der Waals surface area contributed by atoms with Crippen molar-refractivity contribution < 1.29 is 62.6 Å². The second-order valence-electron chi connectivity index (χ2n) is 8.69. The molecule has 1 amide bonds. The van der Waals surface area contributed by atoms with Gasteiger partial charge in [0.05, 0.1) is 23.8 Å². The van der Waals surface area contributed by atoms with Crippen LogP contribution in [0.25, 0.3) is 11.5 Å². The molecule has 2 atom stereocenters. The number of anilines is 1. The van der Waals surface area contributed by atoms with Gasteiger partial charge in [-0.1, -0.05) is 12.1 Å². The first-order valence-corrected chi connectivity index (χ1v) is 11.1. The molecule has 2 N–H and O–H groups in total. The topological polar surface area (TPSA) is 104 Å². The molecule has 0 saturated carbocycles. The number of amides is 1. The highest BCUT2D eigenvalue weighted by Gasteiger charge is 2.63. The lowest BCUT2D eigenvalue weighted by atomic mass is 9.99. The Morgan fingerprint density at radius 3 is 2.27 bits per heavy atom. The average molecular weight is 602 g/mol. The van der Waals surface area contributed by atoms with Crippen molar-refractivity contribution in [3.63, 3.8) is 0 Å². The monoisotopic (exact) mass is 602 g/mol. The van der Waals surface area contributed by atoms with Crippen LogP contribution in [0.4, 0.5) is 49.6 Å². The number of rotatable bonds is 6. The minimum Gasteiger partial charge on any atom is -0.415 e. The molecule has 0 radical (unpaired) electrons. The van der Waals surface area contributed by atoms with E-state index >= 15 is 13.2 Å². The van der Waals surface area contributed by atoms with Gasteiger partial charge in [0.15, 0.2) is 0 Å². The third-order valence-electron chi connectivity index (χ3n) is 5.90. The number of halogens is 10. The summed E-state index contributed by atoms with van der Waals surface area (Å²) < 4.78 is 149. The van der Waals surface area contributed by atoms with Crippen LogP contribution in [0.5, 0.6) is 5.75 Å². The summed E-state index contributed by atoms with van der Waals surface area (Å²) in [5, 5.41) is 6.07. The molecule has 3 aromatic rings. The summed E-state index contributed by atoms with van der Waals surface area (Å²) in [5.41, 5.74) is 3.12. The Morgan fingerprint density at radius 1 is 1.07 bits per heavy atom. The summed E-state index contributed by atoms with van der Waals surface area (Å²) in [6, 6.07) is 2.97. The number of alkyl halides is 9. The Hall–Kier alpha value is -3.93. The van der Waals surface area contributed by atoms with E-state index in [1.54, 1.807) is 0 Å². The van der Waals surface area contributed by atoms with Crippen molar-refractivity contribution in [1.29, 1.82) is 0 Å². The van der Waals surface area contributed by atoms with E-state index in [1.165, 1.54) is 0 Å². The first kappa shape index (κ1) is 30.0. The van der Waals surface area contributed by atoms with Crippen LogP contribution in [0.15, 0.2) is 40.8 Å². The van der Waals surface area contributed by atoms with Crippen molar-refractivity contribution in [3.8, 4) is 17.2 Å². The quantitative estimate of drug-likeness (QED) is 0.374. The van der Waals surface area contributed by atoms with Crippen LogP contribution < -0.4 is 15.4 Å². The Bertz CT molecular complexity index is 1440. The van der Waals surface area contributed by atoms with E-state index in [0.717, 1.165) is 24.3 Å². The number of nitrogens with zero attached hydrogens (tertiary/aromatic N) is 3. The molecule has 0 spiro atoms. The van der Waals surface area contributed by atoms with Crippen molar-refractivity contribution >= 4 is 11.6 Å². The molecule has 1 aromatic heterocycles. The Morgan fingerprint density at radius 2 is 1.71 bits per heavy atom. The molecular weight excluding hydrogens is 586 g/mol. The number of aromatic nitrogens is 2. The molecule has 2 unspecified atom stereocenters. The second-order valence-corrected chi connectivity index (χ2v) is 8.69. The van der Waals surface area contributed by atoms with Gasteiger partial charge in [0.25, 0.3) is 17.7 Å². The van der Waals surface area contributed by atoms with E-state index < -0.39 is 89.4 Å². The number of nitrogens with two attached hydrogens (primary N) is 1. The van der Waals surface area contributed by atoms with Crippen LogP contribution in [-0.2, 0) is 27.9 Å². The maximum absolute atomic E-state index is 15.1. The van der Waals surface area contributed by atoms with Crippen molar-refractivity contribution in [2.75, 3.05) is 12.0 Å². The smallest absolute Gasteiger partial charge is 0.415 e. The third-order valence-corrected chi connectivity index (χ3v) is 5.90. The molecule has 0 fully saturated rings. The van der Waals surface area contributed by atoms with E-state index in [4.69, 9.17) is 5.73 Å². The number of ether oxygens (including phenoxy) is 2. The van der Waals surface area contributed by atoms with Gasteiger partial charge in [0.1, 0.15) is 11.6 Å². The molecule has 0 saturated heterocycles. The van der Waals surface area contributed by atoms with E-state index in [0.29, 0.717) is 18.1 Å². The second kappa shape index (κ2) is 10.2. The van der Waals surface area contributed by atoms with Gasteiger partial charge in [-0.3, -0.25) is 4.79 Å². The fourth-order valence-corrected chi connectivity index (χ4v) is 3.96. The van der Waals surface area contributed by atoms with Gasteiger partial charge in [-0.05, 0) is 29.8 Å². The van der Waals surface area contributed by atoms with Crippen LogP contribution in [0.1, 0.15) is 23.4 Å². The summed E-state index contributed by atoms with van der Waals surface area (Å²) in [6.07, 6.45) is -12.0.